The van der Waals surface area contributed by atoms with Crippen molar-refractivity contribution in [1.82, 2.24) is 4.90 Å². The number of carbonyl (C=O) groups excluding carboxylic acids is 1. The van der Waals surface area contributed by atoms with Crippen LogP contribution in [-0.4, -0.2) is 38.1 Å². The Morgan fingerprint density at radius 1 is 1.28 bits per heavy atom. The molecule has 1 aliphatic rings. The maximum atomic E-state index is 11.6. The molecule has 0 aromatic heterocycles. The Labute approximate surface area is 112 Å². The van der Waals surface area contributed by atoms with Crippen LogP contribution in [0.4, 0.5) is 0 Å². The second-order valence-corrected chi connectivity index (χ2v) is 6.41. The fourth-order valence-electron chi connectivity index (χ4n) is 2.97. The van der Waals surface area contributed by atoms with Crippen molar-refractivity contribution in [3.8, 4) is 0 Å². The zero-order valence-corrected chi connectivity index (χ0v) is 12.5. The van der Waals surface area contributed by atoms with Gasteiger partial charge in [0, 0.05) is 6.54 Å². The summed E-state index contributed by atoms with van der Waals surface area (Å²) in [4.78, 5) is 13.9. The van der Waals surface area contributed by atoms with Crippen molar-refractivity contribution in [3.05, 3.63) is 0 Å². The average molecular weight is 255 g/mol. The molecule has 0 heterocycles. The van der Waals surface area contributed by atoms with Gasteiger partial charge in [0.25, 0.3) is 0 Å². The molecule has 0 saturated heterocycles. The molecule has 0 atom stereocenters. The van der Waals surface area contributed by atoms with Gasteiger partial charge in [-0.1, -0.05) is 32.1 Å². The van der Waals surface area contributed by atoms with Gasteiger partial charge in [0.2, 0.25) is 0 Å². The fraction of sp³-hybridized carbons (Fsp3) is 0.933. The summed E-state index contributed by atoms with van der Waals surface area (Å²) < 4.78 is 4.84. The van der Waals surface area contributed by atoms with Gasteiger partial charge in [-0.15, -0.1) is 0 Å². The zero-order chi connectivity index (χ0) is 13.6. The molecule has 0 bridgehead atoms. The molecule has 3 heteroatoms. The summed E-state index contributed by atoms with van der Waals surface area (Å²) in [7, 11) is 3.57. The van der Waals surface area contributed by atoms with Gasteiger partial charge in [-0.25, -0.2) is 0 Å². The predicted molar refractivity (Wildman–Crippen MR) is 74.5 cm³/mol. The molecule has 1 rings (SSSR count). The predicted octanol–water partition coefficient (Wildman–Crippen LogP) is 3.09. The molecule has 1 saturated carbocycles. The van der Waals surface area contributed by atoms with Crippen LogP contribution in [0.25, 0.3) is 0 Å². The maximum absolute atomic E-state index is 11.6. The number of ether oxygens (including phenoxy) is 1. The van der Waals surface area contributed by atoms with Crippen molar-refractivity contribution >= 4 is 5.97 Å². The lowest BCUT2D eigenvalue weighted by Crippen LogP contribution is -2.38. The quantitative estimate of drug-likeness (QED) is 0.683. The van der Waals surface area contributed by atoms with Gasteiger partial charge >= 0.3 is 5.97 Å². The molecule has 0 radical (unpaired) electrons. The molecule has 1 aliphatic carbocycles. The van der Waals surface area contributed by atoms with E-state index in [2.05, 4.69) is 11.9 Å². The van der Waals surface area contributed by atoms with E-state index in [4.69, 9.17) is 4.74 Å². The largest absolute Gasteiger partial charge is 0.469 e. The molecular weight excluding hydrogens is 226 g/mol. The van der Waals surface area contributed by atoms with Gasteiger partial charge in [0.05, 0.1) is 12.5 Å². The SMILES string of the molecule is COC(=O)C(C)(C)CN(C)CCC1CCCCC1. The lowest BCUT2D eigenvalue weighted by Gasteiger charge is -2.29. The number of esters is 1. The summed E-state index contributed by atoms with van der Waals surface area (Å²) in [5, 5.41) is 0. The van der Waals surface area contributed by atoms with Crippen LogP contribution in [0.3, 0.4) is 0 Å². The first kappa shape index (κ1) is 15.5. The first-order valence-corrected chi connectivity index (χ1v) is 7.22. The van der Waals surface area contributed by atoms with Gasteiger partial charge in [-0.2, -0.15) is 0 Å². The smallest absolute Gasteiger partial charge is 0.312 e. The van der Waals surface area contributed by atoms with E-state index >= 15 is 0 Å². The van der Waals surface area contributed by atoms with Crippen LogP contribution in [0, 0.1) is 11.3 Å². The fourth-order valence-corrected chi connectivity index (χ4v) is 2.97. The van der Waals surface area contributed by atoms with Crippen molar-refractivity contribution in [2.24, 2.45) is 11.3 Å². The number of hydrogen-bond acceptors (Lipinski definition) is 3. The molecule has 106 valence electrons. The summed E-state index contributed by atoms with van der Waals surface area (Å²) >= 11 is 0. The van der Waals surface area contributed by atoms with Crippen LogP contribution in [0.1, 0.15) is 52.4 Å². The first-order chi connectivity index (χ1) is 8.45. The highest BCUT2D eigenvalue weighted by Crippen LogP contribution is 2.26. The maximum Gasteiger partial charge on any atom is 0.312 e. The van der Waals surface area contributed by atoms with Crippen LogP contribution >= 0.6 is 0 Å². The second kappa shape index (κ2) is 7.13. The first-order valence-electron chi connectivity index (χ1n) is 7.22. The zero-order valence-electron chi connectivity index (χ0n) is 12.5. The molecule has 18 heavy (non-hydrogen) atoms. The number of nitrogens with zero attached hydrogens (tertiary/aromatic N) is 1. The molecule has 3 nitrogen and oxygen atoms in total. The Balaban J connectivity index is 2.27. The Morgan fingerprint density at radius 3 is 2.44 bits per heavy atom. The Morgan fingerprint density at radius 2 is 1.89 bits per heavy atom. The van der Waals surface area contributed by atoms with Crippen molar-refractivity contribution in [1.29, 1.82) is 0 Å². The third-order valence-electron chi connectivity index (χ3n) is 4.05. The molecule has 0 N–H and O–H groups in total. The van der Waals surface area contributed by atoms with Crippen molar-refractivity contribution < 1.29 is 9.53 Å². The number of carbonyl (C=O) groups is 1. The topological polar surface area (TPSA) is 29.5 Å². The molecule has 0 spiro atoms. The standard InChI is InChI=1S/C15H29NO2/c1-15(2,14(17)18-4)12-16(3)11-10-13-8-6-5-7-9-13/h13H,5-12H2,1-4H3. The molecule has 0 unspecified atom stereocenters. The minimum absolute atomic E-state index is 0.119. The van der Waals surface area contributed by atoms with Crippen LogP contribution in [0.2, 0.25) is 0 Å². The van der Waals surface area contributed by atoms with E-state index in [-0.39, 0.29) is 5.97 Å². The minimum Gasteiger partial charge on any atom is -0.469 e. The third-order valence-corrected chi connectivity index (χ3v) is 4.05. The van der Waals surface area contributed by atoms with Gasteiger partial charge < -0.3 is 9.64 Å². The third kappa shape index (κ3) is 4.97. The van der Waals surface area contributed by atoms with Crippen LogP contribution in [-0.2, 0) is 9.53 Å². The van der Waals surface area contributed by atoms with E-state index in [0.29, 0.717) is 0 Å². The monoisotopic (exact) mass is 255 g/mol. The Bertz CT molecular complexity index is 257. The highest BCUT2D eigenvalue weighted by atomic mass is 16.5. The van der Waals surface area contributed by atoms with Gasteiger partial charge in [0.15, 0.2) is 0 Å². The molecule has 0 aromatic carbocycles. The van der Waals surface area contributed by atoms with E-state index in [1.54, 1.807) is 0 Å². The van der Waals surface area contributed by atoms with Crippen molar-refractivity contribution in [2.45, 2.75) is 52.4 Å². The molecule has 0 amide bonds. The molecular formula is C15H29NO2. The lowest BCUT2D eigenvalue weighted by molar-refractivity contribution is -0.151. The average Bonchev–Trinajstić information content (AvgIpc) is 2.36. The Kier molecular flexibility index (Phi) is 6.13. The van der Waals surface area contributed by atoms with E-state index in [1.165, 1.54) is 45.6 Å². The number of rotatable bonds is 6. The van der Waals surface area contributed by atoms with Gasteiger partial charge in [-0.05, 0) is 39.8 Å². The summed E-state index contributed by atoms with van der Waals surface area (Å²) in [6.45, 7) is 5.77. The van der Waals surface area contributed by atoms with Crippen LogP contribution in [0.5, 0.6) is 0 Å². The normalized spacial score (nSPS) is 18.1. The highest BCUT2D eigenvalue weighted by Gasteiger charge is 2.30. The van der Waals surface area contributed by atoms with E-state index < -0.39 is 5.41 Å². The molecule has 0 aromatic rings. The number of hydrogen-bond donors (Lipinski definition) is 0. The Hall–Kier alpha value is -0.570. The van der Waals surface area contributed by atoms with Crippen LogP contribution in [0.15, 0.2) is 0 Å². The van der Waals surface area contributed by atoms with Gasteiger partial charge in [0.1, 0.15) is 0 Å². The summed E-state index contributed by atoms with van der Waals surface area (Å²) in [6, 6.07) is 0. The van der Waals surface area contributed by atoms with E-state index in [1.807, 2.05) is 13.8 Å². The van der Waals surface area contributed by atoms with Crippen molar-refractivity contribution in [2.75, 3.05) is 27.2 Å². The van der Waals surface area contributed by atoms with Gasteiger partial charge in [-0.3, -0.25) is 4.79 Å². The minimum atomic E-state index is -0.407. The number of methoxy groups -OCH3 is 1. The van der Waals surface area contributed by atoms with Crippen LogP contribution < -0.4 is 0 Å². The van der Waals surface area contributed by atoms with E-state index in [0.717, 1.165) is 19.0 Å². The highest BCUT2D eigenvalue weighted by molar-refractivity contribution is 5.76. The summed E-state index contributed by atoms with van der Waals surface area (Å²) in [5.41, 5.74) is -0.407. The van der Waals surface area contributed by atoms with Crippen molar-refractivity contribution in [3.63, 3.8) is 0 Å². The summed E-state index contributed by atoms with van der Waals surface area (Å²) in [5.74, 6) is 0.787. The lowest BCUT2D eigenvalue weighted by atomic mass is 9.86. The summed E-state index contributed by atoms with van der Waals surface area (Å²) in [6.07, 6.45) is 8.29. The van der Waals surface area contributed by atoms with E-state index in [9.17, 15) is 4.79 Å². The second-order valence-electron chi connectivity index (χ2n) is 6.41. The molecule has 1 fully saturated rings. The molecule has 0 aliphatic heterocycles.